The smallest absolute Gasteiger partial charge is 0.0619 e. The molecule has 3 heterocycles. The average Bonchev–Trinajstić information content (AvgIpc) is 4.01. The lowest BCUT2D eigenvalue weighted by Gasteiger charge is -2.26. The van der Waals surface area contributed by atoms with Gasteiger partial charge in [-0.05, 0) is 113 Å². The number of thiophene rings is 2. The van der Waals surface area contributed by atoms with Crippen LogP contribution in [0, 0.1) is 0 Å². The van der Waals surface area contributed by atoms with E-state index >= 15 is 0 Å². The molecular weight excluding hydrogens is 789 g/mol. The van der Waals surface area contributed by atoms with Crippen LogP contribution in [0.25, 0.3) is 101 Å². The van der Waals surface area contributed by atoms with E-state index in [1.807, 2.05) is 22.7 Å². The quantitative estimate of drug-likeness (QED) is 0.162. The first-order chi connectivity index (χ1) is 30.7. The summed E-state index contributed by atoms with van der Waals surface area (Å²) in [5.74, 6) is 0. The number of anilines is 3. The van der Waals surface area contributed by atoms with E-state index in [0.29, 0.717) is 0 Å². The molecular formula is C58H36N2S2. The van der Waals surface area contributed by atoms with Gasteiger partial charge in [-0.25, -0.2) is 0 Å². The molecule has 0 unspecified atom stereocenters. The van der Waals surface area contributed by atoms with Crippen molar-refractivity contribution in [2.45, 2.75) is 0 Å². The zero-order chi connectivity index (χ0) is 40.7. The summed E-state index contributed by atoms with van der Waals surface area (Å²) in [7, 11) is 0. The van der Waals surface area contributed by atoms with Crippen LogP contribution in [0.1, 0.15) is 0 Å². The Labute approximate surface area is 366 Å². The van der Waals surface area contributed by atoms with Gasteiger partial charge >= 0.3 is 0 Å². The Morgan fingerprint density at radius 2 is 0.806 bits per heavy atom. The number of rotatable bonds is 6. The second-order valence-corrected chi connectivity index (χ2v) is 18.3. The van der Waals surface area contributed by atoms with Gasteiger partial charge in [-0.1, -0.05) is 133 Å². The highest BCUT2D eigenvalue weighted by Gasteiger charge is 2.18. The topological polar surface area (TPSA) is 8.17 Å². The van der Waals surface area contributed by atoms with Crippen molar-refractivity contribution in [3.8, 4) is 27.9 Å². The Morgan fingerprint density at radius 3 is 1.50 bits per heavy atom. The molecule has 13 aromatic rings. The molecule has 0 N–H and O–H groups in total. The van der Waals surface area contributed by atoms with E-state index in [1.54, 1.807) is 0 Å². The highest BCUT2D eigenvalue weighted by Crippen LogP contribution is 2.43. The Morgan fingerprint density at radius 1 is 0.306 bits per heavy atom. The van der Waals surface area contributed by atoms with Crippen LogP contribution in [0.5, 0.6) is 0 Å². The maximum absolute atomic E-state index is 2.45. The lowest BCUT2D eigenvalue weighted by molar-refractivity contribution is 1.19. The van der Waals surface area contributed by atoms with Gasteiger partial charge in [-0.3, -0.25) is 0 Å². The molecule has 2 nitrogen and oxygen atoms in total. The van der Waals surface area contributed by atoms with Crippen LogP contribution in [0.2, 0.25) is 0 Å². The molecule has 0 aliphatic heterocycles. The zero-order valence-corrected chi connectivity index (χ0v) is 35.1. The van der Waals surface area contributed by atoms with Gasteiger partial charge in [-0.15, -0.1) is 22.7 Å². The fourth-order valence-corrected chi connectivity index (χ4v) is 11.8. The number of benzene rings is 10. The predicted octanol–water partition coefficient (Wildman–Crippen LogP) is 17.5. The summed E-state index contributed by atoms with van der Waals surface area (Å²) in [6.07, 6.45) is 0. The van der Waals surface area contributed by atoms with Gasteiger partial charge in [0, 0.05) is 79.3 Å². The highest BCUT2D eigenvalue weighted by atomic mass is 32.1. The van der Waals surface area contributed by atoms with Crippen molar-refractivity contribution in [3.05, 3.63) is 218 Å². The maximum atomic E-state index is 2.45. The van der Waals surface area contributed by atoms with Crippen molar-refractivity contribution in [1.82, 2.24) is 4.57 Å². The van der Waals surface area contributed by atoms with Crippen LogP contribution in [0.15, 0.2) is 218 Å². The fraction of sp³-hybridized carbons (Fsp3) is 0. The number of fused-ring (bicyclic) bond motifs is 11. The van der Waals surface area contributed by atoms with Gasteiger partial charge < -0.3 is 9.47 Å². The number of para-hydroxylation sites is 1. The average molecular weight is 825 g/mol. The van der Waals surface area contributed by atoms with E-state index in [9.17, 15) is 0 Å². The number of hydrogen-bond donors (Lipinski definition) is 0. The molecule has 0 aliphatic rings. The van der Waals surface area contributed by atoms with Crippen molar-refractivity contribution in [3.63, 3.8) is 0 Å². The van der Waals surface area contributed by atoms with Gasteiger partial charge in [0.2, 0.25) is 0 Å². The second-order valence-electron chi connectivity index (χ2n) is 16.1. The second kappa shape index (κ2) is 14.0. The van der Waals surface area contributed by atoms with Crippen molar-refractivity contribution in [2.24, 2.45) is 0 Å². The molecule has 0 amide bonds. The van der Waals surface area contributed by atoms with Crippen molar-refractivity contribution < 1.29 is 0 Å². The Balaban J connectivity index is 0.927. The molecule has 0 spiro atoms. The Bertz CT molecular complexity index is 3850. The summed E-state index contributed by atoms with van der Waals surface area (Å²) in [5, 5.41) is 10.2. The molecule has 0 fully saturated rings. The number of hydrogen-bond acceptors (Lipinski definition) is 3. The summed E-state index contributed by atoms with van der Waals surface area (Å²) >= 11 is 3.72. The van der Waals surface area contributed by atoms with E-state index in [1.165, 1.54) is 95.2 Å². The lowest BCUT2D eigenvalue weighted by Crippen LogP contribution is -2.09. The highest BCUT2D eigenvalue weighted by molar-refractivity contribution is 7.26. The first-order valence-corrected chi connectivity index (χ1v) is 22.7. The Kier molecular flexibility index (Phi) is 7.99. The van der Waals surface area contributed by atoms with Crippen LogP contribution >= 0.6 is 22.7 Å². The zero-order valence-electron chi connectivity index (χ0n) is 33.5. The third-order valence-electron chi connectivity index (χ3n) is 12.6. The van der Waals surface area contributed by atoms with Crippen LogP contribution in [-0.2, 0) is 0 Å². The standard InChI is InChI=1S/C58H36N2S2/c1-2-11-42(12-3-1)60-53-35-41(23-30-47(53)50-31-22-39-10-4-5-13-46(39)58(50)60)38-20-27-44(28-21-38)59(45-29-33-57-52(36-45)49-15-7-9-17-55(49)62-57)43-25-18-37(19-26-43)40-24-32-56-51(34-40)48-14-6-8-16-54(48)61-56/h1-36H. The minimum absolute atomic E-state index is 1.11. The van der Waals surface area contributed by atoms with Gasteiger partial charge in [0.25, 0.3) is 0 Å². The van der Waals surface area contributed by atoms with E-state index in [-0.39, 0.29) is 0 Å². The van der Waals surface area contributed by atoms with E-state index < -0.39 is 0 Å². The molecule has 62 heavy (non-hydrogen) atoms. The molecule has 3 aromatic heterocycles. The van der Waals surface area contributed by atoms with Crippen LogP contribution < -0.4 is 4.90 Å². The molecule has 0 radical (unpaired) electrons. The van der Waals surface area contributed by atoms with E-state index in [0.717, 1.165) is 22.7 Å². The minimum atomic E-state index is 1.11. The van der Waals surface area contributed by atoms with Crippen molar-refractivity contribution in [2.75, 3.05) is 4.90 Å². The van der Waals surface area contributed by atoms with E-state index in [4.69, 9.17) is 0 Å². The van der Waals surface area contributed by atoms with E-state index in [2.05, 4.69) is 228 Å². The van der Waals surface area contributed by atoms with Gasteiger partial charge in [0.05, 0.1) is 11.0 Å². The molecule has 13 rings (SSSR count). The molecule has 0 saturated carbocycles. The molecule has 4 heteroatoms. The monoisotopic (exact) mass is 824 g/mol. The van der Waals surface area contributed by atoms with Crippen molar-refractivity contribution >= 4 is 113 Å². The van der Waals surface area contributed by atoms with Crippen molar-refractivity contribution in [1.29, 1.82) is 0 Å². The summed E-state index contributed by atoms with van der Waals surface area (Å²) in [4.78, 5) is 2.40. The number of nitrogens with zero attached hydrogens (tertiary/aromatic N) is 2. The SMILES string of the molecule is c1ccc(-n2c3cc(-c4ccc(N(c5ccc(-c6ccc7sc8ccccc8c7c6)cc5)c5ccc6sc7ccccc7c6c5)cc4)ccc3c3ccc4ccccc4c32)cc1. The van der Waals surface area contributed by atoms with Gasteiger partial charge in [-0.2, -0.15) is 0 Å². The summed E-state index contributed by atoms with van der Waals surface area (Å²) in [6, 6.07) is 80.5. The molecule has 290 valence electrons. The normalized spacial score (nSPS) is 11.9. The summed E-state index contributed by atoms with van der Waals surface area (Å²) in [5.41, 5.74) is 11.8. The fourth-order valence-electron chi connectivity index (χ4n) is 9.61. The third-order valence-corrected chi connectivity index (χ3v) is 14.9. The molecule has 0 bridgehead atoms. The molecule has 10 aromatic carbocycles. The van der Waals surface area contributed by atoms with Crippen LogP contribution in [0.4, 0.5) is 17.1 Å². The first kappa shape index (κ1) is 35.3. The van der Waals surface area contributed by atoms with Crippen LogP contribution in [0.3, 0.4) is 0 Å². The third kappa shape index (κ3) is 5.61. The maximum Gasteiger partial charge on any atom is 0.0619 e. The van der Waals surface area contributed by atoms with Crippen LogP contribution in [-0.4, -0.2) is 4.57 Å². The van der Waals surface area contributed by atoms with Gasteiger partial charge in [0.1, 0.15) is 0 Å². The molecule has 0 aliphatic carbocycles. The first-order valence-electron chi connectivity index (χ1n) is 21.1. The number of aromatic nitrogens is 1. The van der Waals surface area contributed by atoms with Gasteiger partial charge in [0.15, 0.2) is 0 Å². The summed E-state index contributed by atoms with van der Waals surface area (Å²) < 4.78 is 7.71. The lowest BCUT2D eigenvalue weighted by atomic mass is 10.0. The molecule has 0 saturated heterocycles. The Hall–Kier alpha value is -7.50. The predicted molar refractivity (Wildman–Crippen MR) is 270 cm³/mol. The summed E-state index contributed by atoms with van der Waals surface area (Å²) in [6.45, 7) is 0. The minimum Gasteiger partial charge on any atom is -0.310 e. The largest absolute Gasteiger partial charge is 0.310 e. The molecule has 0 atom stereocenters.